The van der Waals surface area contributed by atoms with Crippen molar-refractivity contribution in [1.82, 2.24) is 0 Å². The van der Waals surface area contributed by atoms with Gasteiger partial charge < -0.3 is 0 Å². The number of rotatable bonds is 0. The molecule has 0 saturated carbocycles. The molecule has 1 aliphatic heterocycles. The van der Waals surface area contributed by atoms with Gasteiger partial charge in [-0.05, 0) is 0 Å². The minimum absolute atomic E-state index is 0.553. The first-order valence-electron chi connectivity index (χ1n) is 1.99. The maximum atomic E-state index is 2.44. The van der Waals surface area contributed by atoms with Crippen molar-refractivity contribution >= 4 is 14.3 Å². The summed E-state index contributed by atoms with van der Waals surface area (Å²) in [5.74, 6) is 2.39. The van der Waals surface area contributed by atoms with Crippen LogP contribution >= 0.6 is 0 Å². The zero-order valence-electron chi connectivity index (χ0n) is 3.65. The Bertz CT molecular complexity index is 73.7. The molecule has 0 spiro atoms. The van der Waals surface area contributed by atoms with Gasteiger partial charge in [-0.2, -0.15) is 0 Å². The molecule has 0 aromatic carbocycles. The second kappa shape index (κ2) is 0.870. The van der Waals surface area contributed by atoms with Crippen molar-refractivity contribution in [2.24, 2.45) is 0 Å². The Morgan fingerprint density at radius 1 is 1.80 bits per heavy atom. The van der Waals surface area contributed by atoms with E-state index in [0.717, 1.165) is 0 Å². The molecule has 0 aromatic heterocycles. The van der Waals surface area contributed by atoms with Crippen LogP contribution in [0.4, 0.5) is 0 Å². The van der Waals surface area contributed by atoms with E-state index < -0.39 is 14.3 Å². The first-order chi connectivity index (χ1) is 2.30. The summed E-state index contributed by atoms with van der Waals surface area (Å²) < 4.78 is 1.73. The van der Waals surface area contributed by atoms with E-state index in [0.29, 0.717) is 0 Å². The third-order valence-electron chi connectivity index (χ3n) is 1.12. The van der Waals surface area contributed by atoms with Gasteiger partial charge in [0, 0.05) is 0 Å². The summed E-state index contributed by atoms with van der Waals surface area (Å²) >= 11 is -0.553. The molecule has 0 aliphatic carbocycles. The monoisotopic (exact) mass is 130 g/mol. The van der Waals surface area contributed by atoms with E-state index in [9.17, 15) is 0 Å². The van der Waals surface area contributed by atoms with Crippen LogP contribution in [-0.4, -0.2) is 14.3 Å². The Hall–Kier alpha value is 0.283. The number of hydrogen-bond acceptors (Lipinski definition) is 0. The second-order valence-corrected chi connectivity index (χ2v) is 7.62. The Morgan fingerprint density at radius 3 is 2.00 bits per heavy atom. The minimum atomic E-state index is -0.553. The summed E-state index contributed by atoms with van der Waals surface area (Å²) in [5, 5.41) is 0. The van der Waals surface area contributed by atoms with Gasteiger partial charge in [-0.3, -0.25) is 0 Å². The molecule has 0 amide bonds. The predicted molar refractivity (Wildman–Crippen MR) is 26.8 cm³/mol. The van der Waals surface area contributed by atoms with Crippen LogP contribution in [-0.2, 0) is 0 Å². The molecule has 0 fully saturated rings. The third kappa shape index (κ3) is 0.565. The summed E-state index contributed by atoms with van der Waals surface area (Å²) in [5.41, 5.74) is 0. The molecule has 0 bridgehead atoms. The summed E-state index contributed by atoms with van der Waals surface area (Å²) in [7, 11) is 0. The molecule has 1 aliphatic rings. The van der Waals surface area contributed by atoms with Gasteiger partial charge in [0.1, 0.15) is 0 Å². The van der Waals surface area contributed by atoms with Crippen LogP contribution in [0, 0.1) is 0 Å². The van der Waals surface area contributed by atoms with E-state index in [1.165, 1.54) is 0 Å². The average Bonchev–Trinajstić information content (AvgIpc) is 1.79. The SMILES string of the molecule is C[C]1=[CH][GeH]1[CH3]. The normalized spacial score (nSPS) is 33.2. The number of hydrogen-bond donors (Lipinski definition) is 0. The van der Waals surface area contributed by atoms with Gasteiger partial charge in [-0.15, -0.1) is 0 Å². The molecule has 1 heteroatoms. The fourth-order valence-electron chi connectivity index (χ4n) is 0.346. The molecule has 0 nitrogen and oxygen atoms in total. The van der Waals surface area contributed by atoms with Gasteiger partial charge in [0.25, 0.3) is 0 Å². The summed E-state index contributed by atoms with van der Waals surface area (Å²) in [6.45, 7) is 2.24. The Labute approximate surface area is 37.0 Å². The van der Waals surface area contributed by atoms with E-state index >= 15 is 0 Å². The van der Waals surface area contributed by atoms with Crippen LogP contribution in [0.1, 0.15) is 6.92 Å². The van der Waals surface area contributed by atoms with Gasteiger partial charge in [0.2, 0.25) is 0 Å². The molecule has 1 heterocycles. The zero-order valence-corrected chi connectivity index (χ0v) is 6.08. The van der Waals surface area contributed by atoms with Crippen molar-refractivity contribution in [3.05, 3.63) is 9.31 Å². The van der Waals surface area contributed by atoms with Crippen molar-refractivity contribution in [1.29, 1.82) is 0 Å². The van der Waals surface area contributed by atoms with Crippen molar-refractivity contribution < 1.29 is 0 Å². The molecule has 0 saturated heterocycles. The van der Waals surface area contributed by atoms with Crippen LogP contribution in [0.25, 0.3) is 0 Å². The van der Waals surface area contributed by atoms with Crippen LogP contribution in [0.2, 0.25) is 5.76 Å². The Morgan fingerprint density at radius 2 is 2.00 bits per heavy atom. The molecular weight excluding hydrogens is 121 g/mol. The fourth-order valence-corrected chi connectivity index (χ4v) is 3.90. The third-order valence-corrected chi connectivity index (χ3v) is 5.83. The summed E-state index contributed by atoms with van der Waals surface area (Å²) in [4.78, 5) is 2.44. The van der Waals surface area contributed by atoms with Crippen LogP contribution in [0.3, 0.4) is 0 Å². The van der Waals surface area contributed by atoms with Crippen molar-refractivity contribution in [3.8, 4) is 0 Å². The van der Waals surface area contributed by atoms with Crippen LogP contribution < -0.4 is 0 Å². The van der Waals surface area contributed by atoms with Crippen molar-refractivity contribution in [2.45, 2.75) is 12.7 Å². The van der Waals surface area contributed by atoms with Gasteiger partial charge in [0.05, 0.1) is 0 Å². The van der Waals surface area contributed by atoms with Gasteiger partial charge in [-0.25, -0.2) is 0 Å². The molecular formula is C4H8Ge. The average molecular weight is 129 g/mol. The van der Waals surface area contributed by atoms with E-state index in [1.807, 2.05) is 0 Å². The van der Waals surface area contributed by atoms with Crippen LogP contribution in [0.5, 0.6) is 0 Å². The molecule has 1 atom stereocenters. The molecule has 0 radical (unpaired) electrons. The Kier molecular flexibility index (Phi) is 0.604. The zero-order chi connectivity index (χ0) is 3.86. The second-order valence-electron chi connectivity index (χ2n) is 1.70. The van der Waals surface area contributed by atoms with E-state index in [-0.39, 0.29) is 0 Å². The van der Waals surface area contributed by atoms with E-state index in [1.54, 1.807) is 4.41 Å². The molecule has 0 aromatic rings. The first-order valence-corrected chi connectivity index (χ1v) is 7.02. The van der Waals surface area contributed by atoms with E-state index in [2.05, 4.69) is 17.6 Å². The fraction of sp³-hybridized carbons (Fsp3) is 0.500. The van der Waals surface area contributed by atoms with Gasteiger partial charge in [-0.1, -0.05) is 0 Å². The molecule has 5 heavy (non-hydrogen) atoms. The standard InChI is InChI=1S/C4H8Ge/c1-4-3-5(4)2/h3,5H,1-2H3. The quantitative estimate of drug-likeness (QED) is 0.425. The predicted octanol–water partition coefficient (Wildman–Crippen LogP) is 0.882. The van der Waals surface area contributed by atoms with E-state index in [4.69, 9.17) is 0 Å². The van der Waals surface area contributed by atoms with Gasteiger partial charge in [0.15, 0.2) is 0 Å². The van der Waals surface area contributed by atoms with Crippen molar-refractivity contribution in [3.63, 3.8) is 0 Å². The molecule has 0 N–H and O–H groups in total. The molecule has 28 valence electrons. The summed E-state index contributed by atoms with van der Waals surface area (Å²) in [6.07, 6.45) is 0. The van der Waals surface area contributed by atoms with Crippen LogP contribution in [0.15, 0.2) is 9.31 Å². The topological polar surface area (TPSA) is 0 Å². The molecule has 1 unspecified atom stereocenters. The first kappa shape index (κ1) is 3.47. The maximum absolute atomic E-state index is 2.44. The van der Waals surface area contributed by atoms with Gasteiger partial charge >= 0.3 is 36.3 Å². The number of allylic oxidation sites excluding steroid dienone is 1. The Balaban J connectivity index is 2.38. The summed E-state index contributed by atoms with van der Waals surface area (Å²) in [6, 6.07) is 0. The molecule has 1 rings (SSSR count). The van der Waals surface area contributed by atoms with Crippen molar-refractivity contribution in [2.75, 3.05) is 0 Å².